The summed E-state index contributed by atoms with van der Waals surface area (Å²) in [6.07, 6.45) is -3.75. The number of nitrogens with one attached hydrogen (secondary N) is 2. The minimum absolute atomic E-state index is 0.156. The van der Waals surface area contributed by atoms with Crippen molar-refractivity contribution in [2.45, 2.75) is 32.2 Å². The Morgan fingerprint density at radius 1 is 1.05 bits per heavy atom. The second-order valence-electron chi connectivity index (χ2n) is 7.91. The van der Waals surface area contributed by atoms with E-state index in [1.54, 1.807) is 25.8 Å². The molecule has 12 nitrogen and oxygen atoms in total. The third kappa shape index (κ3) is 8.63. The summed E-state index contributed by atoms with van der Waals surface area (Å²) in [5.74, 6) is -4.16. The summed E-state index contributed by atoms with van der Waals surface area (Å²) in [7, 11) is 1.65. The molecule has 0 spiro atoms. The predicted octanol–water partition coefficient (Wildman–Crippen LogP) is 5.22. The third-order valence-electron chi connectivity index (χ3n) is 5.10. The number of carbonyl (C=O) groups is 2. The number of imidazole rings is 1. The monoisotopic (exact) mass is 623 g/mol. The lowest BCUT2D eigenvalue weighted by atomic mass is 9.95. The Kier molecular flexibility index (Phi) is 11.0. The summed E-state index contributed by atoms with van der Waals surface area (Å²) in [6.45, 7) is 3.97. The SMILES string of the molecule is COc1c(C(C)Nc2ncnc3[nH]cnc23)cc(Cl)c(C)c1-c1ccnnc1.O=C(O)C(F)(F)F.O=C(O)C(F)(F)F. The molecule has 1 atom stereocenters. The van der Waals surface area contributed by atoms with Gasteiger partial charge in [0.25, 0.3) is 0 Å². The van der Waals surface area contributed by atoms with Crippen LogP contribution in [0.25, 0.3) is 22.3 Å². The molecule has 4 rings (SSSR count). The molecule has 1 unspecified atom stereocenters. The number of fused-ring (bicyclic) bond motifs is 1. The maximum absolute atomic E-state index is 10.6. The van der Waals surface area contributed by atoms with E-state index in [9.17, 15) is 26.3 Å². The van der Waals surface area contributed by atoms with Crippen molar-refractivity contribution >= 4 is 40.5 Å². The smallest absolute Gasteiger partial charge is 0.490 e. The van der Waals surface area contributed by atoms with Gasteiger partial charge in [-0.1, -0.05) is 11.6 Å². The van der Waals surface area contributed by atoms with Crippen molar-refractivity contribution in [2.24, 2.45) is 0 Å². The van der Waals surface area contributed by atoms with Gasteiger partial charge in [0, 0.05) is 21.7 Å². The van der Waals surface area contributed by atoms with E-state index in [0.717, 1.165) is 28.0 Å². The highest BCUT2D eigenvalue weighted by Crippen LogP contribution is 2.42. The molecule has 1 aromatic carbocycles. The van der Waals surface area contributed by atoms with Gasteiger partial charge in [-0.25, -0.2) is 24.5 Å². The second-order valence-corrected chi connectivity index (χ2v) is 8.31. The first-order valence-electron chi connectivity index (χ1n) is 11.1. The Morgan fingerprint density at radius 2 is 1.64 bits per heavy atom. The molecule has 4 aromatic rings. The zero-order valence-electron chi connectivity index (χ0n) is 21.5. The van der Waals surface area contributed by atoms with E-state index < -0.39 is 24.3 Å². The van der Waals surface area contributed by atoms with Gasteiger partial charge in [-0.3, -0.25) is 0 Å². The van der Waals surface area contributed by atoms with Crippen molar-refractivity contribution in [3.63, 3.8) is 0 Å². The summed E-state index contributed by atoms with van der Waals surface area (Å²) in [6, 6.07) is 3.64. The van der Waals surface area contributed by atoms with E-state index in [1.165, 1.54) is 6.33 Å². The minimum Gasteiger partial charge on any atom is -0.496 e. The Morgan fingerprint density at radius 3 is 2.14 bits per heavy atom. The average Bonchev–Trinajstić information content (AvgIpc) is 3.40. The molecule has 226 valence electrons. The number of H-pyrrole nitrogens is 1. The number of carboxylic acids is 2. The van der Waals surface area contributed by atoms with E-state index in [0.29, 0.717) is 22.0 Å². The van der Waals surface area contributed by atoms with Gasteiger partial charge in [-0.2, -0.15) is 36.5 Å². The second kappa shape index (κ2) is 13.7. The molecule has 0 aliphatic rings. The summed E-state index contributed by atoms with van der Waals surface area (Å²) in [5, 5.41) is 26.1. The van der Waals surface area contributed by atoms with Crippen molar-refractivity contribution in [3.8, 4) is 16.9 Å². The number of benzene rings is 1. The largest absolute Gasteiger partial charge is 0.496 e. The van der Waals surface area contributed by atoms with Crippen LogP contribution in [0.15, 0.2) is 37.2 Å². The van der Waals surface area contributed by atoms with Crippen LogP contribution in [0.5, 0.6) is 5.75 Å². The first kappa shape index (κ1) is 33.5. The van der Waals surface area contributed by atoms with E-state index in [1.807, 2.05) is 26.0 Å². The van der Waals surface area contributed by atoms with E-state index in [4.69, 9.17) is 36.1 Å². The van der Waals surface area contributed by atoms with Crippen LogP contribution < -0.4 is 10.1 Å². The highest BCUT2D eigenvalue weighted by atomic mass is 35.5. The molecule has 3 aromatic heterocycles. The lowest BCUT2D eigenvalue weighted by Gasteiger charge is -2.22. The number of nitrogens with zero attached hydrogens (tertiary/aromatic N) is 5. The van der Waals surface area contributed by atoms with Crippen LogP contribution in [-0.2, 0) is 9.59 Å². The number of methoxy groups -OCH3 is 1. The predicted molar refractivity (Wildman–Crippen MR) is 135 cm³/mol. The molecular formula is C23H20ClF6N7O5. The zero-order valence-corrected chi connectivity index (χ0v) is 22.3. The van der Waals surface area contributed by atoms with Crippen LogP contribution in [0.2, 0.25) is 5.02 Å². The molecule has 42 heavy (non-hydrogen) atoms. The van der Waals surface area contributed by atoms with Crippen LogP contribution >= 0.6 is 11.6 Å². The Labute approximate surface area is 236 Å². The van der Waals surface area contributed by atoms with Crippen LogP contribution in [0, 0.1) is 6.92 Å². The van der Waals surface area contributed by atoms with E-state index >= 15 is 0 Å². The quantitative estimate of drug-likeness (QED) is 0.214. The van der Waals surface area contributed by atoms with E-state index in [-0.39, 0.29) is 6.04 Å². The lowest BCUT2D eigenvalue weighted by Crippen LogP contribution is -2.21. The molecule has 0 saturated carbocycles. The molecule has 0 bridgehead atoms. The fourth-order valence-corrected chi connectivity index (χ4v) is 3.44. The minimum atomic E-state index is -5.08. The number of halogens is 7. The van der Waals surface area contributed by atoms with Gasteiger partial charge in [-0.05, 0) is 31.5 Å². The molecule has 0 aliphatic heterocycles. The molecule has 0 aliphatic carbocycles. The molecule has 0 fully saturated rings. The summed E-state index contributed by atoms with van der Waals surface area (Å²) >= 11 is 6.56. The van der Waals surface area contributed by atoms with Gasteiger partial charge in [0.2, 0.25) is 0 Å². The molecule has 0 amide bonds. The molecule has 4 N–H and O–H groups in total. The summed E-state index contributed by atoms with van der Waals surface area (Å²) in [4.78, 5) is 33.6. The first-order valence-corrected chi connectivity index (χ1v) is 11.5. The van der Waals surface area contributed by atoms with Gasteiger partial charge in [0.1, 0.15) is 17.6 Å². The van der Waals surface area contributed by atoms with E-state index in [2.05, 4.69) is 35.5 Å². The highest BCUT2D eigenvalue weighted by Gasteiger charge is 2.38. The maximum Gasteiger partial charge on any atom is 0.490 e. The van der Waals surface area contributed by atoms with Crippen molar-refractivity contribution in [1.29, 1.82) is 0 Å². The first-order chi connectivity index (χ1) is 19.5. The number of carboxylic acid groups (broad SMARTS) is 2. The molecule has 3 heterocycles. The number of anilines is 1. The number of alkyl halides is 6. The molecule has 19 heteroatoms. The Bertz CT molecular complexity index is 1510. The number of ether oxygens (including phenoxy) is 1. The Hall–Kier alpha value is -4.74. The van der Waals surface area contributed by atoms with Gasteiger partial charge < -0.3 is 25.3 Å². The van der Waals surface area contributed by atoms with Crippen molar-refractivity contribution in [3.05, 3.63) is 53.3 Å². The average molecular weight is 624 g/mol. The van der Waals surface area contributed by atoms with Gasteiger partial charge >= 0.3 is 24.3 Å². The molecule has 0 radical (unpaired) electrons. The maximum atomic E-state index is 10.6. The topological polar surface area (TPSA) is 176 Å². The normalized spacial score (nSPS) is 11.9. The zero-order chi connectivity index (χ0) is 31.8. The van der Waals surface area contributed by atoms with Gasteiger partial charge in [0.05, 0.1) is 31.9 Å². The fourth-order valence-electron chi connectivity index (χ4n) is 3.23. The Balaban J connectivity index is 0.000000367. The number of aromatic nitrogens is 6. The van der Waals surface area contributed by atoms with Crippen molar-refractivity contribution in [1.82, 2.24) is 30.1 Å². The van der Waals surface area contributed by atoms with Crippen LogP contribution in [0.3, 0.4) is 0 Å². The van der Waals surface area contributed by atoms with Crippen LogP contribution in [0.4, 0.5) is 32.2 Å². The number of hydrogen-bond acceptors (Lipinski definition) is 9. The lowest BCUT2D eigenvalue weighted by molar-refractivity contribution is -0.193. The van der Waals surface area contributed by atoms with Crippen LogP contribution in [-0.4, -0.2) is 71.7 Å². The molecule has 0 saturated heterocycles. The summed E-state index contributed by atoms with van der Waals surface area (Å²) in [5.41, 5.74) is 4.93. The fraction of sp³-hybridized carbons (Fsp3) is 0.261. The third-order valence-corrected chi connectivity index (χ3v) is 5.50. The van der Waals surface area contributed by atoms with Crippen molar-refractivity contribution < 1.29 is 50.9 Å². The molecular weight excluding hydrogens is 604 g/mol. The number of aromatic amines is 1. The number of hydrogen-bond donors (Lipinski definition) is 4. The standard InChI is InChI=1S/C19H18ClN7O.2C2HF3O2/c1-10-14(20)6-13(17(28-3)15(10)12-4-5-25-26-7-12)11(2)27-19-16-18(22-8-21-16)23-9-24-19;2*3-2(4,5)1(6)7/h4-9,11H,1-3H3,(H2,21,22,23,24,27);2*(H,6,7). The van der Waals surface area contributed by atoms with Crippen molar-refractivity contribution in [2.75, 3.05) is 12.4 Å². The summed E-state index contributed by atoms with van der Waals surface area (Å²) < 4.78 is 69.3. The highest BCUT2D eigenvalue weighted by molar-refractivity contribution is 6.32. The van der Waals surface area contributed by atoms with Gasteiger partial charge in [0.15, 0.2) is 11.5 Å². The van der Waals surface area contributed by atoms with Crippen LogP contribution in [0.1, 0.15) is 24.1 Å². The van der Waals surface area contributed by atoms with Gasteiger partial charge in [-0.15, -0.1) is 0 Å². The number of aliphatic carboxylic acids is 2. The number of rotatable bonds is 5.